The van der Waals surface area contributed by atoms with Crippen molar-refractivity contribution >= 4 is 44.7 Å². The molecular weight excluding hydrogens is 611 g/mol. The van der Waals surface area contributed by atoms with Gasteiger partial charge >= 0.3 is 6.18 Å². The van der Waals surface area contributed by atoms with Crippen LogP contribution >= 0.6 is 23.2 Å². The molecule has 1 fully saturated rings. The molecule has 1 saturated carbocycles. The maximum Gasteiger partial charge on any atom is 0.433 e. The number of pyridine rings is 1. The van der Waals surface area contributed by atoms with Crippen molar-refractivity contribution < 1.29 is 35.6 Å². The normalized spacial score (nSPS) is 17.8. The second-order valence-corrected chi connectivity index (χ2v) is 12.9. The molecule has 0 saturated heterocycles. The van der Waals surface area contributed by atoms with Crippen LogP contribution in [0, 0.1) is 5.82 Å². The van der Waals surface area contributed by atoms with E-state index in [9.17, 15) is 35.6 Å². The number of benzene rings is 1. The minimum Gasteiger partial charge on any atom is -0.326 e. The summed E-state index contributed by atoms with van der Waals surface area (Å²) in [5.41, 5.74) is -1.90. The number of carbonyl (C=O) groups excluding carboxylic acids is 2. The molecule has 0 radical (unpaired) electrons. The summed E-state index contributed by atoms with van der Waals surface area (Å²) in [5, 5.41) is 3.02. The molecule has 4 rings (SSSR count). The average Bonchev–Trinajstić information content (AvgIpc) is 3.35. The Morgan fingerprint density at radius 2 is 1.61 bits per heavy atom. The van der Waals surface area contributed by atoms with E-state index >= 15 is 0 Å². The summed E-state index contributed by atoms with van der Waals surface area (Å²) in [5.74, 6) is -2.46. The molecule has 1 aromatic carbocycles. The van der Waals surface area contributed by atoms with Crippen LogP contribution in [0.2, 0.25) is 10.0 Å². The highest BCUT2D eigenvalue weighted by molar-refractivity contribution is 7.91. The van der Waals surface area contributed by atoms with Gasteiger partial charge in [0, 0.05) is 25.2 Å². The molecule has 8 nitrogen and oxygen atoms in total. The average molecular weight is 635 g/mol. The first-order chi connectivity index (χ1) is 19.2. The summed E-state index contributed by atoms with van der Waals surface area (Å²) in [6.07, 6.45) is -0.243. The number of rotatable bonds is 8. The van der Waals surface area contributed by atoms with Crippen molar-refractivity contribution in [1.29, 1.82) is 0 Å². The van der Waals surface area contributed by atoms with Gasteiger partial charge in [0.05, 0.1) is 45.2 Å². The Balaban J connectivity index is 1.70. The Morgan fingerprint density at radius 1 is 1.02 bits per heavy atom. The van der Waals surface area contributed by atoms with E-state index in [4.69, 9.17) is 23.2 Å². The van der Waals surface area contributed by atoms with Crippen LogP contribution in [0.15, 0.2) is 42.9 Å². The van der Waals surface area contributed by atoms with Gasteiger partial charge in [-0.2, -0.15) is 18.3 Å². The zero-order valence-electron chi connectivity index (χ0n) is 21.5. The van der Waals surface area contributed by atoms with Crippen LogP contribution in [0.4, 0.5) is 17.6 Å². The van der Waals surface area contributed by atoms with Crippen LogP contribution in [0.3, 0.4) is 0 Å². The molecule has 2 heterocycles. The van der Waals surface area contributed by atoms with Crippen LogP contribution < -0.4 is 0 Å². The molecule has 1 aliphatic carbocycles. The van der Waals surface area contributed by atoms with E-state index in [1.165, 1.54) is 12.1 Å². The number of aromatic nitrogens is 3. The van der Waals surface area contributed by atoms with Crippen molar-refractivity contribution in [3.8, 4) is 0 Å². The zero-order valence-corrected chi connectivity index (χ0v) is 23.9. The number of carbonyl (C=O) groups is 2. The number of ketones is 1. The molecule has 1 aliphatic rings. The Morgan fingerprint density at radius 3 is 2.15 bits per heavy atom. The van der Waals surface area contributed by atoms with Crippen molar-refractivity contribution in [3.63, 3.8) is 0 Å². The standard InChI is InChI=1S/C26H24Cl2F4N4O4S/c1-41(39,40)18-8-6-17(7-9-18)36-24(26(30,31)32)19(10-34-36)25(38)35(13-15-2-4-16(29)5-3-15)14-22(37)23-20(27)11-33-12-21(23)28/h2-5,10-12,17-18H,6-9,13-14H2,1H3/t17-,18+. The summed E-state index contributed by atoms with van der Waals surface area (Å²) in [6, 6.07) is 4.11. The van der Waals surface area contributed by atoms with E-state index in [0.29, 0.717) is 5.56 Å². The molecule has 0 spiro atoms. The van der Waals surface area contributed by atoms with E-state index < -0.39 is 62.6 Å². The lowest BCUT2D eigenvalue weighted by Crippen LogP contribution is -2.37. The lowest BCUT2D eigenvalue weighted by Gasteiger charge is -2.29. The highest BCUT2D eigenvalue weighted by atomic mass is 35.5. The SMILES string of the molecule is CS(=O)(=O)[C@H]1CC[C@@H](n2ncc(C(=O)N(CC(=O)c3c(Cl)cncc3Cl)Cc3ccc(F)cc3)c2C(F)(F)F)CC1. The van der Waals surface area contributed by atoms with Crippen LogP contribution in [0.25, 0.3) is 0 Å². The lowest BCUT2D eigenvalue weighted by molar-refractivity contribution is -0.145. The number of hydrogen-bond donors (Lipinski definition) is 0. The predicted molar refractivity (Wildman–Crippen MR) is 143 cm³/mol. The highest BCUT2D eigenvalue weighted by Gasteiger charge is 2.43. The van der Waals surface area contributed by atoms with E-state index in [0.717, 1.165) is 46.6 Å². The first kappa shape index (κ1) is 30.9. The van der Waals surface area contributed by atoms with Gasteiger partial charge in [-0.05, 0) is 43.4 Å². The van der Waals surface area contributed by atoms with E-state index in [1.807, 2.05) is 0 Å². The summed E-state index contributed by atoms with van der Waals surface area (Å²) >= 11 is 12.2. The third kappa shape index (κ3) is 7.07. The van der Waals surface area contributed by atoms with Gasteiger partial charge in [-0.15, -0.1) is 0 Å². The summed E-state index contributed by atoms with van der Waals surface area (Å²) < 4.78 is 81.3. The van der Waals surface area contributed by atoms with Gasteiger partial charge in [0.2, 0.25) is 0 Å². The molecule has 0 unspecified atom stereocenters. The van der Waals surface area contributed by atoms with Crippen LogP contribution in [0.1, 0.15) is 63.7 Å². The fourth-order valence-corrected chi connectivity index (χ4v) is 6.61. The van der Waals surface area contributed by atoms with Crippen LogP contribution in [-0.4, -0.2) is 57.8 Å². The Hall–Kier alpha value is -3.03. The van der Waals surface area contributed by atoms with Crippen molar-refractivity contribution in [2.45, 2.75) is 49.7 Å². The number of amides is 1. The smallest absolute Gasteiger partial charge is 0.326 e. The second kappa shape index (κ2) is 12.1. The molecule has 0 aliphatic heterocycles. The fourth-order valence-electron chi connectivity index (χ4n) is 4.91. The quantitative estimate of drug-likeness (QED) is 0.229. The van der Waals surface area contributed by atoms with E-state index in [-0.39, 0.29) is 47.8 Å². The maximum absolute atomic E-state index is 14.4. The van der Waals surface area contributed by atoms with Gasteiger partial charge in [0.1, 0.15) is 15.7 Å². The number of nitrogens with zero attached hydrogens (tertiary/aromatic N) is 4. The molecule has 0 N–H and O–H groups in total. The lowest BCUT2D eigenvalue weighted by atomic mass is 9.94. The van der Waals surface area contributed by atoms with E-state index in [2.05, 4.69) is 10.1 Å². The summed E-state index contributed by atoms with van der Waals surface area (Å²) in [6.45, 7) is -1.05. The molecule has 3 aromatic rings. The summed E-state index contributed by atoms with van der Waals surface area (Å²) in [7, 11) is -3.35. The van der Waals surface area contributed by atoms with Gasteiger partial charge < -0.3 is 4.90 Å². The van der Waals surface area contributed by atoms with Crippen molar-refractivity contribution in [2.75, 3.05) is 12.8 Å². The first-order valence-corrected chi connectivity index (χ1v) is 15.1. The van der Waals surface area contributed by atoms with E-state index in [1.54, 1.807) is 0 Å². The zero-order chi connectivity index (χ0) is 30.1. The highest BCUT2D eigenvalue weighted by Crippen LogP contribution is 2.39. The topological polar surface area (TPSA) is 102 Å². The molecule has 0 atom stereocenters. The summed E-state index contributed by atoms with van der Waals surface area (Å²) in [4.78, 5) is 31.5. The monoisotopic (exact) mass is 634 g/mol. The third-order valence-electron chi connectivity index (χ3n) is 6.93. The first-order valence-electron chi connectivity index (χ1n) is 12.4. The Labute approximate surface area is 243 Å². The number of Topliss-reactive ketones (excluding diaryl/α,β-unsaturated/α-hetero) is 1. The fraction of sp³-hybridized carbons (Fsp3) is 0.385. The predicted octanol–water partition coefficient (Wildman–Crippen LogP) is 5.80. The molecule has 41 heavy (non-hydrogen) atoms. The minimum absolute atomic E-state index is 0.106. The second-order valence-electron chi connectivity index (χ2n) is 9.80. The molecule has 2 aromatic heterocycles. The molecule has 0 bridgehead atoms. The molecular formula is C26H24Cl2F4N4O4S. The minimum atomic E-state index is -5.00. The third-order valence-corrected chi connectivity index (χ3v) is 9.19. The van der Waals surface area contributed by atoms with Crippen LogP contribution in [-0.2, 0) is 22.6 Å². The van der Waals surface area contributed by atoms with Gasteiger partial charge in [0.15, 0.2) is 11.5 Å². The maximum atomic E-state index is 14.4. The van der Waals surface area contributed by atoms with Crippen LogP contribution in [0.5, 0.6) is 0 Å². The van der Waals surface area contributed by atoms with Crippen molar-refractivity contribution in [2.24, 2.45) is 0 Å². The van der Waals surface area contributed by atoms with Gasteiger partial charge in [0.25, 0.3) is 5.91 Å². The number of sulfone groups is 1. The molecule has 1 amide bonds. The Kier molecular flexibility index (Phi) is 9.10. The number of alkyl halides is 3. The van der Waals surface area contributed by atoms with Gasteiger partial charge in [-0.25, -0.2) is 12.8 Å². The van der Waals surface area contributed by atoms with Gasteiger partial charge in [-0.1, -0.05) is 35.3 Å². The molecule has 15 heteroatoms. The van der Waals surface area contributed by atoms with Gasteiger partial charge in [-0.3, -0.25) is 19.3 Å². The number of halogens is 6. The number of hydrogen-bond acceptors (Lipinski definition) is 6. The van der Waals surface area contributed by atoms with Crippen molar-refractivity contribution in [3.05, 3.63) is 81.1 Å². The molecule has 220 valence electrons. The largest absolute Gasteiger partial charge is 0.433 e. The Bertz CT molecular complexity index is 1530. The van der Waals surface area contributed by atoms with Crippen molar-refractivity contribution in [1.82, 2.24) is 19.7 Å².